The van der Waals surface area contributed by atoms with Crippen LogP contribution in [-0.2, 0) is 11.2 Å². The monoisotopic (exact) mass is 302 g/mol. The first kappa shape index (κ1) is 16.6. The normalized spacial score (nSPS) is 15.8. The van der Waals surface area contributed by atoms with Crippen LogP contribution in [0.3, 0.4) is 0 Å². The molecule has 1 unspecified atom stereocenters. The Bertz CT molecular complexity index is 526. The van der Waals surface area contributed by atoms with Crippen LogP contribution >= 0.6 is 0 Å². The Balaban J connectivity index is 1.77. The minimum absolute atomic E-state index is 0.127. The van der Waals surface area contributed by atoms with Crippen LogP contribution in [-0.4, -0.2) is 32.7 Å². The van der Waals surface area contributed by atoms with Crippen LogP contribution in [0.5, 0.6) is 5.75 Å². The lowest BCUT2D eigenvalue weighted by molar-refractivity contribution is -0.121. The average Bonchev–Trinajstić information content (AvgIpc) is 2.54. The molecule has 0 saturated carbocycles. The van der Waals surface area contributed by atoms with Gasteiger partial charge in [0.2, 0.25) is 5.91 Å². The summed E-state index contributed by atoms with van der Waals surface area (Å²) in [5.41, 5.74) is 2.48. The molecule has 0 radical (unpaired) electrons. The summed E-state index contributed by atoms with van der Waals surface area (Å²) in [4.78, 5) is 12.1. The molecule has 120 valence electrons. The molecular weight excluding hydrogens is 276 g/mol. The second-order valence-corrected chi connectivity index (χ2v) is 5.92. The molecule has 2 N–H and O–H groups in total. The van der Waals surface area contributed by atoms with Gasteiger partial charge in [-0.25, -0.2) is 0 Å². The van der Waals surface area contributed by atoms with E-state index in [4.69, 9.17) is 4.74 Å². The third-order valence-electron chi connectivity index (χ3n) is 3.97. The van der Waals surface area contributed by atoms with E-state index in [0.29, 0.717) is 18.9 Å². The van der Waals surface area contributed by atoms with Crippen LogP contribution in [0.4, 0.5) is 0 Å². The fraction of sp³-hybridized carbons (Fsp3) is 0.500. The lowest BCUT2D eigenvalue weighted by atomic mass is 9.97. The van der Waals surface area contributed by atoms with Crippen molar-refractivity contribution in [2.24, 2.45) is 5.92 Å². The topological polar surface area (TPSA) is 50.4 Å². The van der Waals surface area contributed by atoms with Gasteiger partial charge in [-0.3, -0.25) is 4.79 Å². The minimum atomic E-state index is 0.127. The number of amides is 1. The summed E-state index contributed by atoms with van der Waals surface area (Å²) in [5, 5.41) is 6.30. The van der Waals surface area contributed by atoms with Gasteiger partial charge >= 0.3 is 0 Å². The highest BCUT2D eigenvalue weighted by Gasteiger charge is 2.13. The molecule has 1 aromatic rings. The van der Waals surface area contributed by atoms with Crippen molar-refractivity contribution in [3.8, 4) is 5.75 Å². The van der Waals surface area contributed by atoms with Crippen LogP contribution in [0.25, 0.3) is 0 Å². The number of carbonyl (C=O) groups excluding carboxylic acids is 1. The van der Waals surface area contributed by atoms with Crippen molar-refractivity contribution in [2.75, 3.05) is 26.7 Å². The van der Waals surface area contributed by atoms with Gasteiger partial charge in [0.05, 0.1) is 7.11 Å². The van der Waals surface area contributed by atoms with E-state index in [1.807, 2.05) is 18.2 Å². The van der Waals surface area contributed by atoms with Gasteiger partial charge in [-0.2, -0.15) is 0 Å². The van der Waals surface area contributed by atoms with E-state index in [9.17, 15) is 4.79 Å². The highest BCUT2D eigenvalue weighted by molar-refractivity contribution is 5.76. The molecule has 1 aliphatic rings. The van der Waals surface area contributed by atoms with Gasteiger partial charge in [-0.15, -0.1) is 0 Å². The van der Waals surface area contributed by atoms with Crippen LogP contribution < -0.4 is 15.4 Å². The Labute approximate surface area is 132 Å². The number of ether oxygens (including phenoxy) is 1. The molecule has 1 aromatic carbocycles. The maximum atomic E-state index is 12.1. The van der Waals surface area contributed by atoms with Gasteiger partial charge in [-0.05, 0) is 36.9 Å². The predicted octanol–water partition coefficient (Wildman–Crippen LogP) is 2.30. The maximum Gasteiger partial charge on any atom is 0.220 e. The third kappa shape index (κ3) is 5.19. The zero-order valence-electron chi connectivity index (χ0n) is 13.5. The van der Waals surface area contributed by atoms with Gasteiger partial charge in [0.15, 0.2) is 0 Å². The smallest absolute Gasteiger partial charge is 0.220 e. The third-order valence-corrected chi connectivity index (χ3v) is 3.97. The Morgan fingerprint density at radius 3 is 2.95 bits per heavy atom. The van der Waals surface area contributed by atoms with Crippen LogP contribution in [0.15, 0.2) is 35.9 Å². The lowest BCUT2D eigenvalue weighted by Crippen LogP contribution is -2.30. The number of benzene rings is 1. The zero-order valence-corrected chi connectivity index (χ0v) is 13.5. The van der Waals surface area contributed by atoms with E-state index in [0.717, 1.165) is 37.2 Å². The van der Waals surface area contributed by atoms with Crippen molar-refractivity contribution < 1.29 is 9.53 Å². The van der Waals surface area contributed by atoms with Crippen molar-refractivity contribution >= 4 is 5.91 Å². The molecule has 0 fully saturated rings. The fourth-order valence-electron chi connectivity index (χ4n) is 2.75. The van der Waals surface area contributed by atoms with E-state index in [1.165, 1.54) is 5.57 Å². The van der Waals surface area contributed by atoms with Crippen LogP contribution in [0, 0.1) is 5.92 Å². The molecule has 4 heteroatoms. The second-order valence-electron chi connectivity index (χ2n) is 5.92. The number of methoxy groups -OCH3 is 1. The van der Waals surface area contributed by atoms with Crippen LogP contribution in [0.2, 0.25) is 0 Å². The Kier molecular flexibility index (Phi) is 6.46. The molecule has 1 amide bonds. The molecule has 1 heterocycles. The van der Waals surface area contributed by atoms with Crippen molar-refractivity contribution in [1.29, 1.82) is 0 Å². The summed E-state index contributed by atoms with van der Waals surface area (Å²) in [6.45, 7) is 4.71. The molecule has 22 heavy (non-hydrogen) atoms. The summed E-state index contributed by atoms with van der Waals surface area (Å²) in [5.74, 6) is 1.31. The average molecular weight is 302 g/mol. The molecule has 4 nitrogen and oxygen atoms in total. The number of para-hydroxylation sites is 1. The van der Waals surface area contributed by atoms with E-state index in [-0.39, 0.29) is 5.91 Å². The summed E-state index contributed by atoms with van der Waals surface area (Å²) < 4.78 is 5.36. The number of carbonyl (C=O) groups is 1. The van der Waals surface area contributed by atoms with Crippen molar-refractivity contribution in [2.45, 2.75) is 26.2 Å². The van der Waals surface area contributed by atoms with Gasteiger partial charge in [0, 0.05) is 19.5 Å². The fourth-order valence-corrected chi connectivity index (χ4v) is 2.75. The summed E-state index contributed by atoms with van der Waals surface area (Å²) >= 11 is 0. The van der Waals surface area contributed by atoms with Gasteiger partial charge in [0.1, 0.15) is 5.75 Å². The highest BCUT2D eigenvalue weighted by atomic mass is 16.5. The summed E-state index contributed by atoms with van der Waals surface area (Å²) in [7, 11) is 1.68. The van der Waals surface area contributed by atoms with E-state index >= 15 is 0 Å². The summed E-state index contributed by atoms with van der Waals surface area (Å²) in [6.07, 6.45) is 4.59. The first-order valence-corrected chi connectivity index (χ1v) is 7.96. The van der Waals surface area contributed by atoms with Crippen molar-refractivity contribution in [3.05, 3.63) is 41.5 Å². The summed E-state index contributed by atoms with van der Waals surface area (Å²) in [6, 6.07) is 8.00. The molecule has 0 spiro atoms. The first-order chi connectivity index (χ1) is 10.7. The molecule has 0 saturated heterocycles. The van der Waals surface area contributed by atoms with E-state index in [2.05, 4.69) is 29.7 Å². The van der Waals surface area contributed by atoms with Gasteiger partial charge in [0.25, 0.3) is 0 Å². The number of rotatable bonds is 7. The quantitative estimate of drug-likeness (QED) is 0.760. The molecule has 1 aliphatic heterocycles. The maximum absolute atomic E-state index is 12.1. The highest BCUT2D eigenvalue weighted by Crippen LogP contribution is 2.22. The molecule has 2 rings (SSSR count). The standard InChI is InChI=1S/C18H26N2O2/c1-14(11-16-5-3-4-6-17(16)22-2)12-18(21)20-13-15-7-9-19-10-8-15/h3-7,14,19H,8-13H2,1-2H3,(H,20,21). The molecule has 0 bridgehead atoms. The van der Waals surface area contributed by atoms with Crippen molar-refractivity contribution in [3.63, 3.8) is 0 Å². The Morgan fingerprint density at radius 1 is 1.41 bits per heavy atom. The molecule has 1 atom stereocenters. The second kappa shape index (κ2) is 8.59. The molecule has 0 aromatic heterocycles. The number of hydrogen-bond acceptors (Lipinski definition) is 3. The molecular formula is C18H26N2O2. The predicted molar refractivity (Wildman–Crippen MR) is 89.1 cm³/mol. The van der Waals surface area contributed by atoms with E-state index in [1.54, 1.807) is 7.11 Å². The minimum Gasteiger partial charge on any atom is -0.496 e. The SMILES string of the molecule is COc1ccccc1CC(C)CC(=O)NCC1=CCNCC1. The molecule has 0 aliphatic carbocycles. The van der Waals surface area contributed by atoms with Gasteiger partial charge < -0.3 is 15.4 Å². The first-order valence-electron chi connectivity index (χ1n) is 7.96. The number of hydrogen-bond donors (Lipinski definition) is 2. The van der Waals surface area contributed by atoms with Crippen molar-refractivity contribution in [1.82, 2.24) is 10.6 Å². The van der Waals surface area contributed by atoms with Gasteiger partial charge in [-0.1, -0.05) is 36.8 Å². The lowest BCUT2D eigenvalue weighted by Gasteiger charge is -2.16. The largest absolute Gasteiger partial charge is 0.496 e. The van der Waals surface area contributed by atoms with E-state index < -0.39 is 0 Å². The number of nitrogens with one attached hydrogen (secondary N) is 2. The Morgan fingerprint density at radius 2 is 2.23 bits per heavy atom. The Hall–Kier alpha value is -1.81. The van der Waals surface area contributed by atoms with Crippen LogP contribution in [0.1, 0.15) is 25.3 Å². The zero-order chi connectivity index (χ0) is 15.8.